The predicted molar refractivity (Wildman–Crippen MR) is 122 cm³/mol. The Balaban J connectivity index is 1.61. The van der Waals surface area contributed by atoms with Gasteiger partial charge in [-0.2, -0.15) is 5.26 Å². The van der Waals surface area contributed by atoms with E-state index in [0.29, 0.717) is 26.2 Å². The Bertz CT molecular complexity index is 958. The fourth-order valence-corrected chi connectivity index (χ4v) is 3.98. The molecule has 0 aliphatic carbocycles. The topological polar surface area (TPSA) is 85.7 Å². The molecule has 7 nitrogen and oxygen atoms in total. The third kappa shape index (κ3) is 5.86. The second-order valence-corrected chi connectivity index (χ2v) is 8.09. The van der Waals surface area contributed by atoms with E-state index >= 15 is 0 Å². The van der Waals surface area contributed by atoms with Crippen LogP contribution in [-0.4, -0.2) is 54.9 Å². The van der Waals surface area contributed by atoms with Gasteiger partial charge in [-0.05, 0) is 30.2 Å². The Morgan fingerprint density at radius 1 is 1.03 bits per heavy atom. The van der Waals surface area contributed by atoms with Crippen molar-refractivity contribution in [2.75, 3.05) is 33.3 Å². The Morgan fingerprint density at radius 2 is 1.62 bits per heavy atom. The van der Waals surface area contributed by atoms with E-state index in [1.807, 2.05) is 60.4 Å². The maximum absolute atomic E-state index is 13.0. The third-order valence-electron chi connectivity index (χ3n) is 5.82. The number of hydrogen-bond donors (Lipinski definition) is 1. The van der Waals surface area contributed by atoms with Crippen molar-refractivity contribution in [2.45, 2.75) is 32.4 Å². The quantitative estimate of drug-likeness (QED) is 0.724. The van der Waals surface area contributed by atoms with E-state index in [-0.39, 0.29) is 30.3 Å². The third-order valence-corrected chi connectivity index (χ3v) is 5.82. The van der Waals surface area contributed by atoms with Crippen LogP contribution in [0.25, 0.3) is 0 Å². The van der Waals surface area contributed by atoms with Crippen LogP contribution in [0.5, 0.6) is 5.75 Å². The number of nitriles is 1. The molecule has 3 rings (SSSR count). The molecule has 168 valence electrons. The number of methoxy groups -OCH3 is 1. The molecule has 7 heteroatoms. The highest BCUT2D eigenvalue weighted by molar-refractivity contribution is 5.79. The lowest BCUT2D eigenvalue weighted by atomic mass is 10.0. The molecule has 2 amide bonds. The zero-order valence-electron chi connectivity index (χ0n) is 18.9. The van der Waals surface area contributed by atoms with Crippen molar-refractivity contribution in [3.05, 3.63) is 65.2 Å². The Kier molecular flexibility index (Phi) is 7.85. The van der Waals surface area contributed by atoms with E-state index in [0.717, 1.165) is 22.4 Å². The highest BCUT2D eigenvalue weighted by atomic mass is 16.5. The zero-order chi connectivity index (χ0) is 23.1. The van der Waals surface area contributed by atoms with Crippen LogP contribution < -0.4 is 10.1 Å². The molecule has 0 bridgehead atoms. The molecule has 1 saturated heterocycles. The van der Waals surface area contributed by atoms with Gasteiger partial charge in [0.15, 0.2) is 0 Å². The van der Waals surface area contributed by atoms with Crippen molar-refractivity contribution in [3.63, 3.8) is 0 Å². The number of nitrogens with one attached hydrogen (secondary N) is 1. The first-order chi connectivity index (χ1) is 15.4. The van der Waals surface area contributed by atoms with Crippen molar-refractivity contribution in [2.24, 2.45) is 0 Å². The first-order valence-corrected chi connectivity index (χ1v) is 10.8. The lowest BCUT2D eigenvalue weighted by Crippen LogP contribution is -2.50. The average Bonchev–Trinajstić information content (AvgIpc) is 2.80. The summed E-state index contributed by atoms with van der Waals surface area (Å²) < 4.78 is 5.19. The largest absolute Gasteiger partial charge is 0.497 e. The van der Waals surface area contributed by atoms with Crippen LogP contribution in [0.4, 0.5) is 0 Å². The summed E-state index contributed by atoms with van der Waals surface area (Å²) in [6.45, 7) is 5.80. The molecule has 0 radical (unpaired) electrons. The molecule has 2 unspecified atom stereocenters. The van der Waals surface area contributed by atoms with Crippen molar-refractivity contribution in [1.82, 2.24) is 15.1 Å². The molecule has 32 heavy (non-hydrogen) atoms. The highest BCUT2D eigenvalue weighted by Crippen LogP contribution is 2.25. The predicted octanol–water partition coefficient (Wildman–Crippen LogP) is 2.98. The van der Waals surface area contributed by atoms with E-state index in [1.54, 1.807) is 7.11 Å². The van der Waals surface area contributed by atoms with Crippen LogP contribution in [0.1, 0.15) is 42.1 Å². The number of ether oxygens (including phenoxy) is 1. The van der Waals surface area contributed by atoms with E-state index in [1.165, 1.54) is 6.92 Å². The molecule has 1 aliphatic rings. The molecule has 1 aliphatic heterocycles. The number of carbonyl (C=O) groups excluding carboxylic acids is 2. The number of rotatable bonds is 7. The summed E-state index contributed by atoms with van der Waals surface area (Å²) >= 11 is 0. The lowest BCUT2D eigenvalue weighted by Gasteiger charge is -2.37. The van der Waals surface area contributed by atoms with Crippen molar-refractivity contribution < 1.29 is 14.3 Å². The van der Waals surface area contributed by atoms with Crippen LogP contribution in [-0.2, 0) is 9.59 Å². The minimum atomic E-state index is -0.363. The number of hydrogen-bond acceptors (Lipinski definition) is 5. The summed E-state index contributed by atoms with van der Waals surface area (Å²) in [5.41, 5.74) is 2.96. The first kappa shape index (κ1) is 23.3. The van der Waals surface area contributed by atoms with Gasteiger partial charge in [-0.15, -0.1) is 0 Å². The summed E-state index contributed by atoms with van der Waals surface area (Å²) in [4.78, 5) is 28.6. The number of carbonyl (C=O) groups is 2. The molecule has 0 spiro atoms. The Morgan fingerprint density at radius 3 is 2.16 bits per heavy atom. The molecule has 0 aromatic heterocycles. The van der Waals surface area contributed by atoms with Crippen LogP contribution in [0.15, 0.2) is 48.5 Å². The number of aryl methyl sites for hydroxylation is 1. The van der Waals surface area contributed by atoms with Gasteiger partial charge >= 0.3 is 0 Å². The molecule has 2 aromatic rings. The summed E-state index contributed by atoms with van der Waals surface area (Å²) in [5, 5.41) is 12.6. The Labute approximate surface area is 189 Å². The molecule has 1 N–H and O–H groups in total. The van der Waals surface area contributed by atoms with Crippen LogP contribution in [0.2, 0.25) is 0 Å². The zero-order valence-corrected chi connectivity index (χ0v) is 18.9. The van der Waals surface area contributed by atoms with Crippen molar-refractivity contribution in [3.8, 4) is 11.8 Å². The van der Waals surface area contributed by atoms with E-state index < -0.39 is 0 Å². The minimum Gasteiger partial charge on any atom is -0.497 e. The molecule has 2 aromatic carbocycles. The minimum absolute atomic E-state index is 0.00179. The SMILES string of the molecule is COc1ccc(C(C#N)N2CCN(C(=O)CC(NC(C)=O)c3ccc(C)cc3)CC2)cc1. The summed E-state index contributed by atoms with van der Waals surface area (Å²) in [6.07, 6.45) is 0.211. The molecule has 1 fully saturated rings. The highest BCUT2D eigenvalue weighted by Gasteiger charge is 2.28. The van der Waals surface area contributed by atoms with Gasteiger partial charge in [-0.1, -0.05) is 42.0 Å². The second kappa shape index (κ2) is 10.8. The maximum atomic E-state index is 13.0. The van der Waals surface area contributed by atoms with Crippen LogP contribution >= 0.6 is 0 Å². The standard InChI is InChI=1S/C25H30N4O3/c1-18-4-6-20(7-5-18)23(27-19(2)30)16-25(31)29-14-12-28(13-15-29)24(17-26)21-8-10-22(32-3)11-9-21/h4-11,23-24H,12-16H2,1-3H3,(H,27,30). The molecule has 1 heterocycles. The van der Waals surface area contributed by atoms with Gasteiger partial charge in [-0.25, -0.2) is 0 Å². The first-order valence-electron chi connectivity index (χ1n) is 10.8. The van der Waals surface area contributed by atoms with E-state index in [9.17, 15) is 14.9 Å². The fourth-order valence-electron chi connectivity index (χ4n) is 3.98. The molecular weight excluding hydrogens is 404 g/mol. The monoisotopic (exact) mass is 434 g/mol. The van der Waals surface area contributed by atoms with Crippen LogP contribution in [0, 0.1) is 18.3 Å². The van der Waals surface area contributed by atoms with Gasteiger partial charge in [0, 0.05) is 33.1 Å². The molecular formula is C25H30N4O3. The number of benzene rings is 2. The van der Waals surface area contributed by atoms with Gasteiger partial charge in [0.2, 0.25) is 11.8 Å². The van der Waals surface area contributed by atoms with E-state index in [4.69, 9.17) is 4.74 Å². The fraction of sp³-hybridized carbons (Fsp3) is 0.400. The molecule has 0 saturated carbocycles. The number of piperazine rings is 1. The van der Waals surface area contributed by atoms with Gasteiger partial charge in [0.25, 0.3) is 0 Å². The van der Waals surface area contributed by atoms with Crippen molar-refractivity contribution in [1.29, 1.82) is 5.26 Å². The van der Waals surface area contributed by atoms with Crippen LogP contribution in [0.3, 0.4) is 0 Å². The normalized spacial score (nSPS) is 16.0. The number of amides is 2. The van der Waals surface area contributed by atoms with Gasteiger partial charge in [0.1, 0.15) is 11.8 Å². The summed E-state index contributed by atoms with van der Waals surface area (Å²) in [6, 6.07) is 17.1. The van der Waals surface area contributed by atoms with Gasteiger partial charge in [0.05, 0.1) is 25.6 Å². The smallest absolute Gasteiger partial charge is 0.225 e. The van der Waals surface area contributed by atoms with E-state index in [2.05, 4.69) is 16.3 Å². The van der Waals surface area contributed by atoms with Gasteiger partial charge < -0.3 is 15.0 Å². The lowest BCUT2D eigenvalue weighted by molar-refractivity contribution is -0.134. The Hall–Kier alpha value is -3.37. The molecule has 2 atom stereocenters. The summed E-state index contributed by atoms with van der Waals surface area (Å²) in [7, 11) is 1.61. The number of nitrogens with zero attached hydrogens (tertiary/aromatic N) is 3. The van der Waals surface area contributed by atoms with Gasteiger partial charge in [-0.3, -0.25) is 14.5 Å². The van der Waals surface area contributed by atoms with Crippen molar-refractivity contribution >= 4 is 11.8 Å². The maximum Gasteiger partial charge on any atom is 0.225 e. The average molecular weight is 435 g/mol. The second-order valence-electron chi connectivity index (χ2n) is 8.09. The summed E-state index contributed by atoms with van der Waals surface area (Å²) in [5.74, 6) is 0.592.